The van der Waals surface area contributed by atoms with Crippen LogP contribution in [0.2, 0.25) is 0 Å². The van der Waals surface area contributed by atoms with Crippen molar-refractivity contribution < 1.29 is 0 Å². The lowest BCUT2D eigenvalue weighted by molar-refractivity contribution is 1.53. The molecule has 0 aliphatic rings. The Kier molecular flexibility index (Phi) is 0.624. The van der Waals surface area contributed by atoms with Crippen LogP contribution in [0.3, 0.4) is 0 Å². The van der Waals surface area contributed by atoms with Crippen LogP contribution in [-0.2, 0) is 0 Å². The SMILES string of the molecule is c1cnsn1. The highest BCUT2D eigenvalue weighted by Gasteiger charge is 1.61. The molecule has 1 aromatic rings. The lowest BCUT2D eigenvalue weighted by Gasteiger charge is -1.39. The Balaban J connectivity index is 3.13. The van der Waals surface area contributed by atoms with Crippen LogP contribution in [0.5, 0.6) is 0 Å². The highest BCUT2D eigenvalue weighted by Crippen LogP contribution is 1.74. The molecule has 0 N–H and O–H groups in total. The van der Waals surface area contributed by atoms with Gasteiger partial charge in [0.05, 0.1) is 24.1 Å². The van der Waals surface area contributed by atoms with Gasteiger partial charge in [0.1, 0.15) is 0 Å². The van der Waals surface area contributed by atoms with Crippen molar-refractivity contribution in [3.63, 3.8) is 0 Å². The third-order valence-corrected chi connectivity index (χ3v) is 0.715. The summed E-state index contributed by atoms with van der Waals surface area (Å²) in [7, 11) is 0. The molecular weight excluding hydrogens is 84.1 g/mol. The molecule has 0 saturated carbocycles. The van der Waals surface area contributed by atoms with Gasteiger partial charge in [0, 0.05) is 0 Å². The topological polar surface area (TPSA) is 25.8 Å². The predicted octanol–water partition coefficient (Wildman–Crippen LogP) is 0.538. The molecule has 0 fully saturated rings. The Morgan fingerprint density at radius 2 is 1.80 bits per heavy atom. The molecular formula is C2H2N2S. The molecule has 5 heavy (non-hydrogen) atoms. The summed E-state index contributed by atoms with van der Waals surface area (Å²) in [6, 6.07) is 0. The first-order valence-corrected chi connectivity index (χ1v) is 1.95. The summed E-state index contributed by atoms with van der Waals surface area (Å²) in [6.07, 6.45) is 3.31. The van der Waals surface area contributed by atoms with E-state index in [0.29, 0.717) is 0 Å². The van der Waals surface area contributed by atoms with E-state index in [1.54, 1.807) is 12.4 Å². The second-order valence-corrected chi connectivity index (χ2v) is 1.18. The van der Waals surface area contributed by atoms with Crippen LogP contribution in [0.1, 0.15) is 0 Å². The lowest BCUT2D eigenvalue weighted by Crippen LogP contribution is -1.32. The Morgan fingerprint density at radius 1 is 1.20 bits per heavy atom. The van der Waals surface area contributed by atoms with Gasteiger partial charge in [0.2, 0.25) is 0 Å². The Morgan fingerprint density at radius 3 is 2.00 bits per heavy atom. The molecule has 0 radical (unpaired) electrons. The summed E-state index contributed by atoms with van der Waals surface area (Å²) in [6.45, 7) is 0. The zero-order valence-electron chi connectivity index (χ0n) is 2.46. The summed E-state index contributed by atoms with van der Waals surface area (Å²) in [5.74, 6) is 0. The van der Waals surface area contributed by atoms with Gasteiger partial charge >= 0.3 is 0 Å². The van der Waals surface area contributed by atoms with Crippen molar-refractivity contribution in [2.24, 2.45) is 0 Å². The average Bonchev–Trinajstić information content (AvgIpc) is 1.76. The zero-order chi connectivity index (χ0) is 3.54. The van der Waals surface area contributed by atoms with Gasteiger partial charge < -0.3 is 0 Å². The summed E-state index contributed by atoms with van der Waals surface area (Å²) in [5, 5.41) is 0. The van der Waals surface area contributed by atoms with Crippen molar-refractivity contribution in [2.45, 2.75) is 0 Å². The minimum atomic E-state index is 1.21. The van der Waals surface area contributed by atoms with Gasteiger partial charge in [-0.3, -0.25) is 0 Å². The Bertz CT molecular complexity index is 64.1. The molecule has 1 heterocycles. The summed E-state index contributed by atoms with van der Waals surface area (Å²) < 4.78 is 7.31. The van der Waals surface area contributed by atoms with Gasteiger partial charge in [-0.05, 0) is 0 Å². The zero-order valence-corrected chi connectivity index (χ0v) is 3.27. The summed E-state index contributed by atoms with van der Waals surface area (Å²) >= 11 is 1.21. The van der Waals surface area contributed by atoms with Gasteiger partial charge in [0.25, 0.3) is 0 Å². The standard InChI is InChI=1S/C2H2N2S/c1-2-4-5-3-1/h1-2H. The summed E-state index contributed by atoms with van der Waals surface area (Å²) in [4.78, 5) is 0. The molecule has 0 atom stereocenters. The maximum Gasteiger partial charge on any atom is 0.0679 e. The first kappa shape index (κ1) is 2.78. The van der Waals surface area contributed by atoms with E-state index in [1.165, 1.54) is 11.7 Å². The van der Waals surface area contributed by atoms with Crippen molar-refractivity contribution in [2.75, 3.05) is 0 Å². The number of nitrogens with zero attached hydrogens (tertiary/aromatic N) is 2. The lowest BCUT2D eigenvalue weighted by atomic mass is 11.0. The third kappa shape index (κ3) is 0.417. The maximum absolute atomic E-state index is 3.65. The fraction of sp³-hybridized carbons (Fsp3) is 0. The number of hydrogen-bond acceptors (Lipinski definition) is 3. The van der Waals surface area contributed by atoms with Crippen LogP contribution in [0.15, 0.2) is 12.4 Å². The van der Waals surface area contributed by atoms with Crippen molar-refractivity contribution in [3.8, 4) is 0 Å². The van der Waals surface area contributed by atoms with E-state index in [2.05, 4.69) is 8.75 Å². The Hall–Kier alpha value is -0.440. The highest BCUT2D eigenvalue weighted by molar-refractivity contribution is 6.98. The van der Waals surface area contributed by atoms with Crippen molar-refractivity contribution in [3.05, 3.63) is 12.4 Å². The molecule has 0 amide bonds. The quantitative estimate of drug-likeness (QED) is 0.460. The van der Waals surface area contributed by atoms with Crippen LogP contribution < -0.4 is 0 Å². The minimum absolute atomic E-state index is 1.21. The molecule has 26 valence electrons. The first-order valence-electron chi connectivity index (χ1n) is 1.21. The molecule has 1 rings (SSSR count). The van der Waals surface area contributed by atoms with Crippen LogP contribution in [0.25, 0.3) is 0 Å². The molecule has 0 bridgehead atoms. The van der Waals surface area contributed by atoms with E-state index >= 15 is 0 Å². The maximum atomic E-state index is 3.65. The van der Waals surface area contributed by atoms with E-state index in [1.807, 2.05) is 0 Å². The second kappa shape index (κ2) is 1.12. The van der Waals surface area contributed by atoms with Crippen molar-refractivity contribution in [1.29, 1.82) is 0 Å². The molecule has 0 spiro atoms. The minimum Gasteiger partial charge on any atom is -0.182 e. The number of rotatable bonds is 0. The van der Waals surface area contributed by atoms with E-state index in [-0.39, 0.29) is 0 Å². The van der Waals surface area contributed by atoms with Gasteiger partial charge in [-0.1, -0.05) is 0 Å². The second-order valence-electron chi connectivity index (χ2n) is 0.591. The van der Waals surface area contributed by atoms with Gasteiger partial charge in [-0.15, -0.1) is 0 Å². The molecule has 0 aromatic carbocycles. The van der Waals surface area contributed by atoms with E-state index in [0.717, 1.165) is 0 Å². The molecule has 0 unspecified atom stereocenters. The van der Waals surface area contributed by atoms with Gasteiger partial charge in [0.15, 0.2) is 0 Å². The van der Waals surface area contributed by atoms with Crippen LogP contribution in [0.4, 0.5) is 0 Å². The summed E-state index contributed by atoms with van der Waals surface area (Å²) in [5.41, 5.74) is 0. The number of aromatic nitrogens is 2. The van der Waals surface area contributed by atoms with Crippen molar-refractivity contribution in [1.82, 2.24) is 8.75 Å². The van der Waals surface area contributed by atoms with E-state index in [9.17, 15) is 0 Å². The molecule has 3 heteroatoms. The fourth-order valence-corrected chi connectivity index (χ4v) is 0.408. The monoisotopic (exact) mass is 86.0 g/mol. The molecule has 0 saturated heterocycles. The first-order chi connectivity index (χ1) is 2.50. The van der Waals surface area contributed by atoms with Crippen LogP contribution in [-0.4, -0.2) is 8.75 Å². The number of hydrogen-bond donors (Lipinski definition) is 0. The molecule has 0 aliphatic heterocycles. The fourth-order valence-electron chi connectivity index (χ4n) is 0.136. The highest BCUT2D eigenvalue weighted by atomic mass is 32.1. The third-order valence-electron chi connectivity index (χ3n) is 0.283. The van der Waals surface area contributed by atoms with Gasteiger partial charge in [-0.25, -0.2) is 0 Å². The molecule has 0 aliphatic carbocycles. The predicted molar refractivity (Wildman–Crippen MR) is 19.9 cm³/mol. The van der Waals surface area contributed by atoms with Crippen molar-refractivity contribution >= 4 is 11.7 Å². The van der Waals surface area contributed by atoms with E-state index in [4.69, 9.17) is 0 Å². The van der Waals surface area contributed by atoms with Gasteiger partial charge in [-0.2, -0.15) is 8.75 Å². The van der Waals surface area contributed by atoms with Crippen LogP contribution >= 0.6 is 11.7 Å². The normalized spacial score (nSPS) is 8.00. The smallest absolute Gasteiger partial charge is 0.0679 e. The average molecular weight is 86.1 g/mol. The molecule has 2 nitrogen and oxygen atoms in total. The Labute approximate surface area is 33.8 Å². The van der Waals surface area contributed by atoms with Crippen LogP contribution in [0, 0.1) is 0 Å². The largest absolute Gasteiger partial charge is 0.182 e. The molecule has 1 aromatic heterocycles. The van der Waals surface area contributed by atoms with E-state index < -0.39 is 0 Å².